The minimum atomic E-state index is -4.95. The van der Waals surface area contributed by atoms with Crippen LogP contribution in [0.15, 0.2) is 66.9 Å². The molecule has 0 saturated heterocycles. The Kier molecular flexibility index (Phi) is 6.46. The zero-order valence-electron chi connectivity index (χ0n) is 18.0. The fourth-order valence-corrected chi connectivity index (χ4v) is 4.71. The summed E-state index contributed by atoms with van der Waals surface area (Å²) in [6.45, 7) is 1.43. The first kappa shape index (κ1) is 24.9. The van der Waals surface area contributed by atoms with E-state index in [9.17, 15) is 35.1 Å². The van der Waals surface area contributed by atoms with Crippen molar-refractivity contribution in [1.82, 2.24) is 4.98 Å². The van der Waals surface area contributed by atoms with Gasteiger partial charge in [0.05, 0.1) is 16.6 Å². The van der Waals surface area contributed by atoms with Crippen molar-refractivity contribution in [3.8, 4) is 22.3 Å². The highest BCUT2D eigenvalue weighted by Crippen LogP contribution is 2.48. The molecule has 182 valence electrons. The van der Waals surface area contributed by atoms with Gasteiger partial charge < -0.3 is 4.55 Å². The average molecular weight is 508 g/mol. The van der Waals surface area contributed by atoms with Gasteiger partial charge in [0.1, 0.15) is 0 Å². The predicted octanol–water partition coefficient (Wildman–Crippen LogP) is 7.29. The van der Waals surface area contributed by atoms with Crippen LogP contribution in [-0.4, -0.2) is 13.7 Å². The molecule has 0 aliphatic rings. The zero-order valence-corrected chi connectivity index (χ0v) is 18.8. The number of benzene rings is 3. The first-order valence-electron chi connectivity index (χ1n) is 10.2. The number of para-hydroxylation sites is 1. The van der Waals surface area contributed by atoms with Crippen LogP contribution < -0.4 is 0 Å². The zero-order chi connectivity index (χ0) is 25.5. The molecule has 0 fully saturated rings. The highest BCUT2D eigenvalue weighted by atomic mass is 32.2. The normalized spacial score (nSPS) is 13.3. The standard InChI is InChI=1S/C25H17F6NO2S/c1-14-12-32-23-18(8-5-9-19(23)24(26,27)28)20(14)21-16(13-35(33)34)10-11-17(22(21)25(29,30)31)15-6-3-2-4-7-15/h2-12H,13H2,1H3,(H,33,34)/p-1. The molecule has 1 aromatic heterocycles. The van der Waals surface area contributed by atoms with E-state index in [2.05, 4.69) is 4.98 Å². The SMILES string of the molecule is Cc1cnc2c(C(F)(F)F)cccc2c1-c1c(CS(=O)[O-])ccc(-c2ccccc2)c1C(F)(F)F. The number of rotatable bonds is 4. The summed E-state index contributed by atoms with van der Waals surface area (Å²) in [6, 6.07) is 13.3. The molecule has 0 amide bonds. The van der Waals surface area contributed by atoms with E-state index in [0.29, 0.717) is 0 Å². The summed E-state index contributed by atoms with van der Waals surface area (Å²) in [7, 11) is 0. The largest absolute Gasteiger partial charge is 0.772 e. The van der Waals surface area contributed by atoms with Crippen molar-refractivity contribution in [2.24, 2.45) is 0 Å². The van der Waals surface area contributed by atoms with Gasteiger partial charge in [-0.1, -0.05) is 65.7 Å². The average Bonchev–Trinajstić information content (AvgIpc) is 2.77. The highest BCUT2D eigenvalue weighted by molar-refractivity contribution is 7.78. The quantitative estimate of drug-likeness (QED) is 0.215. The van der Waals surface area contributed by atoms with Crippen molar-refractivity contribution in [3.05, 3.63) is 89.1 Å². The predicted molar refractivity (Wildman–Crippen MR) is 120 cm³/mol. The molecule has 0 radical (unpaired) electrons. The topological polar surface area (TPSA) is 53.0 Å². The van der Waals surface area contributed by atoms with Gasteiger partial charge in [-0.05, 0) is 46.4 Å². The van der Waals surface area contributed by atoms with E-state index >= 15 is 0 Å². The van der Waals surface area contributed by atoms with Crippen LogP contribution in [0.5, 0.6) is 0 Å². The molecule has 10 heteroatoms. The molecule has 4 aromatic rings. The third kappa shape index (κ3) is 4.81. The third-order valence-electron chi connectivity index (χ3n) is 5.58. The molecular weight excluding hydrogens is 492 g/mol. The summed E-state index contributed by atoms with van der Waals surface area (Å²) in [6.07, 6.45) is -8.68. The van der Waals surface area contributed by atoms with Gasteiger partial charge in [-0.3, -0.25) is 9.19 Å². The molecule has 0 bridgehead atoms. The second-order valence-corrected chi connectivity index (χ2v) is 8.75. The number of fused-ring (bicyclic) bond motifs is 1. The van der Waals surface area contributed by atoms with Gasteiger partial charge >= 0.3 is 12.4 Å². The van der Waals surface area contributed by atoms with Gasteiger partial charge in [-0.15, -0.1) is 0 Å². The molecule has 3 aromatic carbocycles. The Hall–Kier alpha value is -3.24. The first-order valence-corrected chi connectivity index (χ1v) is 11.4. The molecular formula is C25H16F6NO2S-. The van der Waals surface area contributed by atoms with Crippen LogP contribution in [0.4, 0.5) is 26.3 Å². The Bertz CT molecular complexity index is 1430. The minimum Gasteiger partial charge on any atom is -0.772 e. The van der Waals surface area contributed by atoms with E-state index in [1.54, 1.807) is 18.2 Å². The fraction of sp³-hybridized carbons (Fsp3) is 0.160. The number of alkyl halides is 6. The van der Waals surface area contributed by atoms with Gasteiger partial charge in [0.15, 0.2) is 0 Å². The lowest BCUT2D eigenvalue weighted by Crippen LogP contribution is -2.13. The summed E-state index contributed by atoms with van der Waals surface area (Å²) in [4.78, 5) is 3.87. The Morgan fingerprint density at radius 3 is 2.14 bits per heavy atom. The molecule has 1 atom stereocenters. The molecule has 1 heterocycles. The Balaban J connectivity index is 2.21. The van der Waals surface area contributed by atoms with Crippen LogP contribution >= 0.6 is 0 Å². The summed E-state index contributed by atoms with van der Waals surface area (Å²) in [5.74, 6) is -0.754. The van der Waals surface area contributed by atoms with Gasteiger partial charge in [-0.25, -0.2) is 0 Å². The van der Waals surface area contributed by atoms with Crippen LogP contribution in [-0.2, 0) is 29.2 Å². The van der Waals surface area contributed by atoms with E-state index in [0.717, 1.165) is 18.3 Å². The van der Waals surface area contributed by atoms with Gasteiger partial charge in [0.25, 0.3) is 0 Å². The highest BCUT2D eigenvalue weighted by Gasteiger charge is 2.39. The fourth-order valence-electron chi connectivity index (χ4n) is 4.21. The van der Waals surface area contributed by atoms with E-state index in [1.165, 1.54) is 37.3 Å². The number of aromatic nitrogens is 1. The van der Waals surface area contributed by atoms with E-state index in [-0.39, 0.29) is 33.2 Å². The van der Waals surface area contributed by atoms with Crippen LogP contribution in [0.2, 0.25) is 0 Å². The molecule has 1 unspecified atom stereocenters. The molecule has 0 spiro atoms. The number of hydrogen-bond acceptors (Lipinski definition) is 3. The van der Waals surface area contributed by atoms with Crippen LogP contribution in [0, 0.1) is 6.92 Å². The second kappa shape index (κ2) is 9.09. The molecule has 0 saturated carbocycles. The molecule has 35 heavy (non-hydrogen) atoms. The van der Waals surface area contributed by atoms with Crippen molar-refractivity contribution in [3.63, 3.8) is 0 Å². The molecule has 0 aliphatic heterocycles. The maximum atomic E-state index is 14.6. The lowest BCUT2D eigenvalue weighted by atomic mass is 9.85. The van der Waals surface area contributed by atoms with E-state index < -0.39 is 51.4 Å². The number of pyridine rings is 1. The summed E-state index contributed by atoms with van der Waals surface area (Å²) < 4.78 is 108. The number of hydrogen-bond donors (Lipinski definition) is 0. The van der Waals surface area contributed by atoms with Crippen LogP contribution in [0.1, 0.15) is 22.3 Å². The number of halogens is 6. The Morgan fingerprint density at radius 1 is 0.857 bits per heavy atom. The molecule has 3 nitrogen and oxygen atoms in total. The van der Waals surface area contributed by atoms with Crippen molar-refractivity contribution in [1.29, 1.82) is 0 Å². The molecule has 4 rings (SSSR count). The van der Waals surface area contributed by atoms with Gasteiger partial charge in [0, 0.05) is 17.3 Å². The lowest BCUT2D eigenvalue weighted by Gasteiger charge is -2.24. The van der Waals surface area contributed by atoms with Crippen LogP contribution in [0.3, 0.4) is 0 Å². The summed E-state index contributed by atoms with van der Waals surface area (Å²) in [5, 5.41) is -0.159. The Labute approximate surface area is 198 Å². The smallest absolute Gasteiger partial charge is 0.418 e. The van der Waals surface area contributed by atoms with Crippen molar-refractivity contribution in [2.45, 2.75) is 25.0 Å². The number of nitrogens with zero attached hydrogens (tertiary/aromatic N) is 1. The molecule has 0 aliphatic carbocycles. The molecule has 0 N–H and O–H groups in total. The monoisotopic (exact) mass is 508 g/mol. The van der Waals surface area contributed by atoms with Crippen molar-refractivity contribution in [2.75, 3.05) is 0 Å². The lowest BCUT2D eigenvalue weighted by molar-refractivity contribution is -0.137. The maximum absolute atomic E-state index is 14.6. The van der Waals surface area contributed by atoms with E-state index in [4.69, 9.17) is 0 Å². The van der Waals surface area contributed by atoms with Crippen LogP contribution in [0.25, 0.3) is 33.2 Å². The van der Waals surface area contributed by atoms with Crippen molar-refractivity contribution < 1.29 is 35.1 Å². The van der Waals surface area contributed by atoms with Gasteiger partial charge in [0.2, 0.25) is 0 Å². The maximum Gasteiger partial charge on any atom is 0.418 e. The van der Waals surface area contributed by atoms with E-state index in [1.807, 2.05) is 0 Å². The number of aryl methyl sites for hydroxylation is 1. The first-order chi connectivity index (χ1) is 16.4. The summed E-state index contributed by atoms with van der Waals surface area (Å²) in [5.41, 5.74) is -3.37. The Morgan fingerprint density at radius 2 is 1.54 bits per heavy atom. The summed E-state index contributed by atoms with van der Waals surface area (Å²) >= 11 is -2.76. The minimum absolute atomic E-state index is 0.147. The van der Waals surface area contributed by atoms with Crippen molar-refractivity contribution >= 4 is 22.0 Å². The van der Waals surface area contributed by atoms with Gasteiger partial charge in [-0.2, -0.15) is 26.3 Å². The second-order valence-electron chi connectivity index (χ2n) is 7.85. The third-order valence-corrected chi connectivity index (χ3v) is 6.12.